The average molecular weight is 271 g/mol. The van der Waals surface area contributed by atoms with Gasteiger partial charge in [0.15, 0.2) is 0 Å². The molecule has 0 fully saturated rings. The summed E-state index contributed by atoms with van der Waals surface area (Å²) in [4.78, 5) is 0. The molecule has 1 unspecified atom stereocenters. The van der Waals surface area contributed by atoms with Crippen LogP contribution in [-0.4, -0.2) is 13.1 Å². The van der Waals surface area contributed by atoms with E-state index in [1.165, 1.54) is 17.2 Å². The number of benzene rings is 2. The Hall–Kier alpha value is -1.67. The van der Waals surface area contributed by atoms with Gasteiger partial charge in [-0.05, 0) is 48.7 Å². The molecule has 0 aliphatic rings. The summed E-state index contributed by atoms with van der Waals surface area (Å²) in [6, 6.07) is 15.4. The molecule has 1 atom stereocenters. The Morgan fingerprint density at radius 1 is 1.10 bits per heavy atom. The molecule has 0 saturated carbocycles. The third kappa shape index (κ3) is 3.91. The van der Waals surface area contributed by atoms with Crippen molar-refractivity contribution < 1.29 is 4.39 Å². The zero-order chi connectivity index (χ0) is 14.4. The zero-order valence-corrected chi connectivity index (χ0v) is 12.2. The van der Waals surface area contributed by atoms with Gasteiger partial charge in [-0.3, -0.25) is 0 Å². The second kappa shape index (κ2) is 7.20. The van der Waals surface area contributed by atoms with E-state index in [1.807, 2.05) is 6.07 Å². The zero-order valence-electron chi connectivity index (χ0n) is 12.2. The topological polar surface area (TPSA) is 12.0 Å². The van der Waals surface area contributed by atoms with Gasteiger partial charge >= 0.3 is 0 Å². The average Bonchev–Trinajstić information content (AvgIpc) is 2.44. The second-order valence-electron chi connectivity index (χ2n) is 5.20. The molecule has 0 heterocycles. The van der Waals surface area contributed by atoms with E-state index in [0.29, 0.717) is 5.92 Å². The van der Waals surface area contributed by atoms with E-state index in [-0.39, 0.29) is 5.82 Å². The number of nitrogens with one attached hydrogen (secondary N) is 1. The van der Waals surface area contributed by atoms with Crippen molar-refractivity contribution in [3.05, 3.63) is 71.0 Å². The van der Waals surface area contributed by atoms with Gasteiger partial charge in [-0.15, -0.1) is 0 Å². The second-order valence-corrected chi connectivity index (χ2v) is 5.20. The lowest BCUT2D eigenvalue weighted by atomic mass is 9.89. The lowest BCUT2D eigenvalue weighted by molar-refractivity contribution is 0.586. The van der Waals surface area contributed by atoms with Gasteiger partial charge in [-0.2, -0.15) is 0 Å². The molecule has 2 aromatic rings. The molecule has 0 radical (unpaired) electrons. The van der Waals surface area contributed by atoms with Crippen molar-refractivity contribution in [2.45, 2.75) is 26.2 Å². The summed E-state index contributed by atoms with van der Waals surface area (Å²) < 4.78 is 13.3. The van der Waals surface area contributed by atoms with Gasteiger partial charge in [0.25, 0.3) is 0 Å². The number of aryl methyl sites for hydroxylation is 1. The van der Waals surface area contributed by atoms with Crippen molar-refractivity contribution in [1.82, 2.24) is 5.32 Å². The normalized spacial score (nSPS) is 12.3. The molecule has 20 heavy (non-hydrogen) atoms. The van der Waals surface area contributed by atoms with Gasteiger partial charge in [0.1, 0.15) is 5.82 Å². The first kappa shape index (κ1) is 14.7. The minimum absolute atomic E-state index is 0.158. The van der Waals surface area contributed by atoms with Crippen LogP contribution in [0.15, 0.2) is 48.5 Å². The molecule has 2 aromatic carbocycles. The molecule has 0 spiro atoms. The predicted octanol–water partition coefficient (Wildman–Crippen LogP) is 4.07. The fraction of sp³-hybridized carbons (Fsp3) is 0.333. The molecule has 2 heteroatoms. The minimum atomic E-state index is -0.158. The number of rotatable bonds is 6. The van der Waals surface area contributed by atoms with Crippen molar-refractivity contribution in [1.29, 1.82) is 0 Å². The fourth-order valence-corrected chi connectivity index (χ4v) is 2.60. The lowest BCUT2D eigenvalue weighted by Gasteiger charge is -2.20. The van der Waals surface area contributed by atoms with Crippen LogP contribution in [-0.2, 0) is 6.42 Å². The van der Waals surface area contributed by atoms with Crippen LogP contribution in [0.5, 0.6) is 0 Å². The van der Waals surface area contributed by atoms with Gasteiger partial charge in [-0.25, -0.2) is 4.39 Å². The Kier molecular flexibility index (Phi) is 5.31. The molecule has 0 bridgehead atoms. The molecule has 1 nitrogen and oxygen atoms in total. The van der Waals surface area contributed by atoms with E-state index in [0.717, 1.165) is 25.1 Å². The molecular formula is C18H22FN. The standard InChI is InChI=1S/C18H22FN/c1-3-20-13-16(18-10-5-4-7-14(18)2)11-15-8-6-9-17(19)12-15/h4-10,12,16,20H,3,11,13H2,1-2H3. The maximum atomic E-state index is 13.3. The van der Waals surface area contributed by atoms with Crippen LogP contribution in [0.25, 0.3) is 0 Å². The van der Waals surface area contributed by atoms with E-state index in [2.05, 4.69) is 43.4 Å². The van der Waals surface area contributed by atoms with E-state index in [1.54, 1.807) is 12.1 Å². The molecule has 2 rings (SSSR count). The molecule has 0 aliphatic carbocycles. The summed E-state index contributed by atoms with van der Waals surface area (Å²) in [6.45, 7) is 6.11. The highest BCUT2D eigenvalue weighted by atomic mass is 19.1. The van der Waals surface area contributed by atoms with Crippen molar-refractivity contribution in [3.8, 4) is 0 Å². The maximum Gasteiger partial charge on any atom is 0.123 e. The summed E-state index contributed by atoms with van der Waals surface area (Å²) in [6.07, 6.45) is 0.857. The van der Waals surface area contributed by atoms with E-state index < -0.39 is 0 Å². The summed E-state index contributed by atoms with van der Waals surface area (Å²) in [5.74, 6) is 0.215. The van der Waals surface area contributed by atoms with Gasteiger partial charge in [0.05, 0.1) is 0 Å². The predicted molar refractivity (Wildman–Crippen MR) is 82.6 cm³/mol. The van der Waals surface area contributed by atoms with Gasteiger partial charge < -0.3 is 5.32 Å². The summed E-state index contributed by atoms with van der Waals surface area (Å²) in [7, 11) is 0. The molecule has 106 valence electrons. The van der Waals surface area contributed by atoms with Crippen LogP contribution in [0.4, 0.5) is 4.39 Å². The first-order valence-electron chi connectivity index (χ1n) is 7.21. The molecular weight excluding hydrogens is 249 g/mol. The quantitative estimate of drug-likeness (QED) is 0.835. The van der Waals surface area contributed by atoms with Crippen LogP contribution in [0.2, 0.25) is 0 Å². The Labute approximate surface area is 120 Å². The van der Waals surface area contributed by atoms with Crippen LogP contribution in [0, 0.1) is 12.7 Å². The number of hydrogen-bond donors (Lipinski definition) is 1. The molecule has 0 aliphatic heterocycles. The van der Waals surface area contributed by atoms with E-state index in [9.17, 15) is 4.39 Å². The first-order chi connectivity index (χ1) is 9.70. The van der Waals surface area contributed by atoms with Crippen LogP contribution >= 0.6 is 0 Å². The highest BCUT2D eigenvalue weighted by molar-refractivity contribution is 5.31. The number of halogens is 1. The van der Waals surface area contributed by atoms with Crippen molar-refractivity contribution in [3.63, 3.8) is 0 Å². The summed E-state index contributed by atoms with van der Waals surface area (Å²) in [5.41, 5.74) is 3.70. The Balaban J connectivity index is 2.22. The first-order valence-corrected chi connectivity index (χ1v) is 7.21. The molecule has 0 aromatic heterocycles. The van der Waals surface area contributed by atoms with Crippen molar-refractivity contribution in [2.24, 2.45) is 0 Å². The highest BCUT2D eigenvalue weighted by Gasteiger charge is 2.14. The lowest BCUT2D eigenvalue weighted by Crippen LogP contribution is -2.23. The van der Waals surface area contributed by atoms with Gasteiger partial charge in [-0.1, -0.05) is 43.3 Å². The monoisotopic (exact) mass is 271 g/mol. The minimum Gasteiger partial charge on any atom is -0.316 e. The van der Waals surface area contributed by atoms with Crippen LogP contribution in [0.1, 0.15) is 29.5 Å². The van der Waals surface area contributed by atoms with Gasteiger partial charge in [0.2, 0.25) is 0 Å². The Bertz CT molecular complexity index is 551. The molecule has 1 N–H and O–H groups in total. The third-order valence-electron chi connectivity index (χ3n) is 3.64. The van der Waals surface area contributed by atoms with Crippen LogP contribution in [0.3, 0.4) is 0 Å². The van der Waals surface area contributed by atoms with Crippen molar-refractivity contribution in [2.75, 3.05) is 13.1 Å². The number of likely N-dealkylation sites (N-methyl/N-ethyl adjacent to an activating group) is 1. The Morgan fingerprint density at radius 3 is 2.60 bits per heavy atom. The van der Waals surface area contributed by atoms with E-state index >= 15 is 0 Å². The summed E-state index contributed by atoms with van der Waals surface area (Å²) in [5, 5.41) is 3.42. The van der Waals surface area contributed by atoms with E-state index in [4.69, 9.17) is 0 Å². The maximum absolute atomic E-state index is 13.3. The molecule has 0 saturated heterocycles. The SMILES string of the molecule is CCNCC(Cc1cccc(F)c1)c1ccccc1C. The van der Waals surface area contributed by atoms with Gasteiger partial charge in [0, 0.05) is 12.5 Å². The van der Waals surface area contributed by atoms with Crippen LogP contribution < -0.4 is 5.32 Å². The number of hydrogen-bond acceptors (Lipinski definition) is 1. The fourth-order valence-electron chi connectivity index (χ4n) is 2.60. The molecule has 0 amide bonds. The smallest absolute Gasteiger partial charge is 0.123 e. The highest BCUT2D eigenvalue weighted by Crippen LogP contribution is 2.23. The Morgan fingerprint density at radius 2 is 1.90 bits per heavy atom. The summed E-state index contributed by atoms with van der Waals surface area (Å²) >= 11 is 0. The third-order valence-corrected chi connectivity index (χ3v) is 3.64. The largest absolute Gasteiger partial charge is 0.316 e. The van der Waals surface area contributed by atoms with Crippen molar-refractivity contribution >= 4 is 0 Å².